The lowest BCUT2D eigenvalue weighted by molar-refractivity contribution is 0.592. The van der Waals surface area contributed by atoms with Crippen LogP contribution in [0.1, 0.15) is 25.0 Å². The zero-order valence-electron chi connectivity index (χ0n) is 26.7. The molecule has 0 fully saturated rings. The highest BCUT2D eigenvalue weighted by molar-refractivity contribution is 7.85. The topological polar surface area (TPSA) is 59.0 Å². The third-order valence-electron chi connectivity index (χ3n) is 9.31. The normalized spacial score (nSPS) is 13.4. The summed E-state index contributed by atoms with van der Waals surface area (Å²) in [6, 6.07) is 48.5. The quantitative estimate of drug-likeness (QED) is 0.170. The van der Waals surface area contributed by atoms with Crippen molar-refractivity contribution in [1.82, 2.24) is 15.0 Å². The number of aromatic nitrogens is 3. The second-order valence-electron chi connectivity index (χ2n) is 12.5. The number of anilines is 3. The van der Waals surface area contributed by atoms with Gasteiger partial charge >= 0.3 is 0 Å². The molecular formula is C42H33N4OP. The van der Waals surface area contributed by atoms with E-state index in [2.05, 4.69) is 65.1 Å². The highest BCUT2D eigenvalue weighted by Crippen LogP contribution is 2.53. The van der Waals surface area contributed by atoms with Crippen molar-refractivity contribution in [3.05, 3.63) is 175 Å². The maximum atomic E-state index is 15.1. The lowest BCUT2D eigenvalue weighted by Gasteiger charge is -2.42. The fraction of sp³-hybridized carbons (Fsp3) is 0.0714. The zero-order chi connectivity index (χ0) is 32.7. The molecule has 0 bridgehead atoms. The van der Waals surface area contributed by atoms with Crippen LogP contribution in [0.2, 0.25) is 0 Å². The third kappa shape index (κ3) is 4.95. The van der Waals surface area contributed by atoms with Crippen molar-refractivity contribution in [2.24, 2.45) is 0 Å². The highest BCUT2D eigenvalue weighted by Gasteiger charge is 2.38. The molecule has 232 valence electrons. The Morgan fingerprint density at radius 1 is 0.521 bits per heavy atom. The van der Waals surface area contributed by atoms with Gasteiger partial charge in [0.25, 0.3) is 0 Å². The fourth-order valence-electron chi connectivity index (χ4n) is 6.79. The Bertz CT molecular complexity index is 2140. The molecule has 0 N–H and O–H groups in total. The van der Waals surface area contributed by atoms with Crippen LogP contribution in [0.4, 0.5) is 17.2 Å². The molecule has 0 saturated carbocycles. The Kier molecular flexibility index (Phi) is 7.35. The van der Waals surface area contributed by atoms with Gasteiger partial charge in [-0.25, -0.2) is 4.98 Å². The van der Waals surface area contributed by atoms with Gasteiger partial charge in [-0.3, -0.25) is 14.9 Å². The maximum absolute atomic E-state index is 15.1. The molecule has 0 saturated heterocycles. The molecule has 0 unspecified atom stereocenters. The predicted octanol–water partition coefficient (Wildman–Crippen LogP) is 8.95. The number of benzene rings is 4. The van der Waals surface area contributed by atoms with Crippen LogP contribution in [-0.2, 0) is 9.98 Å². The summed E-state index contributed by atoms with van der Waals surface area (Å²) in [5.41, 5.74) is 8.06. The number of rotatable bonds is 6. The largest absolute Gasteiger partial charge is 0.309 e. The van der Waals surface area contributed by atoms with Crippen molar-refractivity contribution in [3.63, 3.8) is 0 Å². The van der Waals surface area contributed by atoms with Crippen molar-refractivity contribution < 1.29 is 4.57 Å². The van der Waals surface area contributed by atoms with Gasteiger partial charge in [-0.05, 0) is 71.8 Å². The second kappa shape index (κ2) is 11.9. The molecule has 7 aromatic rings. The van der Waals surface area contributed by atoms with Crippen LogP contribution in [-0.4, -0.2) is 15.0 Å². The van der Waals surface area contributed by atoms with E-state index in [1.807, 2.05) is 122 Å². The van der Waals surface area contributed by atoms with Crippen molar-refractivity contribution in [2.75, 3.05) is 4.90 Å². The SMILES string of the molecule is CC1(C)c2cc(-c3ccccn3)ccc2N(c2ccc(P(=O)(c3ccccc3)c3ccccc3)cn2)c2ccc(-c3ccccn3)cc21. The summed E-state index contributed by atoms with van der Waals surface area (Å²) in [5, 5.41) is 2.26. The summed E-state index contributed by atoms with van der Waals surface area (Å²) in [5.74, 6) is 0.751. The highest BCUT2D eigenvalue weighted by atomic mass is 31.2. The van der Waals surface area contributed by atoms with E-state index in [9.17, 15) is 0 Å². The summed E-state index contributed by atoms with van der Waals surface area (Å²) in [6.07, 6.45) is 5.45. The molecule has 4 heterocycles. The molecule has 0 radical (unpaired) electrons. The minimum absolute atomic E-state index is 0.340. The van der Waals surface area contributed by atoms with Gasteiger partial charge in [0.1, 0.15) is 5.82 Å². The molecule has 0 amide bonds. The van der Waals surface area contributed by atoms with Gasteiger partial charge in [-0.1, -0.05) is 98.8 Å². The van der Waals surface area contributed by atoms with Crippen molar-refractivity contribution in [2.45, 2.75) is 19.3 Å². The minimum Gasteiger partial charge on any atom is -0.309 e. The fourth-order valence-corrected chi connectivity index (χ4v) is 9.37. The third-order valence-corrected chi connectivity index (χ3v) is 12.3. The minimum atomic E-state index is -3.17. The van der Waals surface area contributed by atoms with Crippen LogP contribution in [0.3, 0.4) is 0 Å². The Balaban J connectivity index is 1.30. The van der Waals surface area contributed by atoms with Crippen LogP contribution in [0.15, 0.2) is 164 Å². The average Bonchev–Trinajstić information content (AvgIpc) is 3.16. The summed E-state index contributed by atoms with van der Waals surface area (Å²) < 4.78 is 15.1. The first-order chi connectivity index (χ1) is 23.4. The van der Waals surface area contributed by atoms with Gasteiger partial charge < -0.3 is 4.57 Å². The standard InChI is InChI=1S/C42H33N4OP/c1-42(2)35-27-30(37-17-9-11-25-43-37)19-22-39(35)46(40-23-20-31(28-36(40)42)38-18-10-12-26-44-38)41-24-21-34(29-45-41)48(47,32-13-5-3-6-14-32)33-15-7-4-8-16-33/h3-29H,1-2H3. The van der Waals surface area contributed by atoms with Crippen molar-refractivity contribution in [3.8, 4) is 22.5 Å². The lowest BCUT2D eigenvalue weighted by Crippen LogP contribution is -2.31. The van der Waals surface area contributed by atoms with Gasteiger partial charge in [0.15, 0.2) is 7.14 Å². The number of hydrogen-bond acceptors (Lipinski definition) is 5. The Morgan fingerprint density at radius 3 is 1.46 bits per heavy atom. The van der Waals surface area contributed by atoms with E-state index in [1.54, 1.807) is 6.20 Å². The molecule has 3 aromatic heterocycles. The van der Waals surface area contributed by atoms with E-state index in [0.717, 1.165) is 50.3 Å². The van der Waals surface area contributed by atoms with Gasteiger partial charge in [0, 0.05) is 51.0 Å². The van der Waals surface area contributed by atoms with E-state index in [4.69, 9.17) is 4.98 Å². The number of fused-ring (bicyclic) bond motifs is 2. The summed E-state index contributed by atoms with van der Waals surface area (Å²) in [6.45, 7) is 4.55. The van der Waals surface area contributed by atoms with Crippen LogP contribution in [0, 0.1) is 0 Å². The van der Waals surface area contributed by atoms with Crippen LogP contribution >= 0.6 is 7.14 Å². The smallest absolute Gasteiger partial charge is 0.172 e. The van der Waals surface area contributed by atoms with Gasteiger partial charge in [0.05, 0.1) is 22.8 Å². The molecule has 0 aliphatic carbocycles. The van der Waals surface area contributed by atoms with E-state index in [0.29, 0.717) is 5.30 Å². The number of pyridine rings is 3. The molecule has 6 heteroatoms. The predicted molar refractivity (Wildman–Crippen MR) is 197 cm³/mol. The van der Waals surface area contributed by atoms with Gasteiger partial charge in [-0.15, -0.1) is 0 Å². The first kappa shape index (κ1) is 29.7. The molecule has 8 rings (SSSR count). The van der Waals surface area contributed by atoms with Crippen molar-refractivity contribution >= 4 is 40.2 Å². The molecule has 48 heavy (non-hydrogen) atoms. The van der Waals surface area contributed by atoms with Crippen LogP contribution in [0.5, 0.6) is 0 Å². The summed E-state index contributed by atoms with van der Waals surface area (Å²) >= 11 is 0. The zero-order valence-corrected chi connectivity index (χ0v) is 27.6. The molecule has 4 aromatic carbocycles. The summed E-state index contributed by atoms with van der Waals surface area (Å²) in [4.78, 5) is 16.6. The monoisotopic (exact) mass is 640 g/mol. The number of hydrogen-bond donors (Lipinski definition) is 0. The van der Waals surface area contributed by atoms with Crippen LogP contribution in [0.25, 0.3) is 22.5 Å². The Morgan fingerprint density at radius 2 is 1.02 bits per heavy atom. The molecule has 1 aliphatic rings. The van der Waals surface area contributed by atoms with Crippen LogP contribution < -0.4 is 20.8 Å². The van der Waals surface area contributed by atoms with Gasteiger partial charge in [-0.2, -0.15) is 0 Å². The van der Waals surface area contributed by atoms with Gasteiger partial charge in [0.2, 0.25) is 0 Å². The second-order valence-corrected chi connectivity index (χ2v) is 15.3. The Hall–Kier alpha value is -5.64. The van der Waals surface area contributed by atoms with Crippen molar-refractivity contribution in [1.29, 1.82) is 0 Å². The number of nitrogens with zero attached hydrogens (tertiary/aromatic N) is 4. The summed E-state index contributed by atoms with van der Waals surface area (Å²) in [7, 11) is -3.17. The first-order valence-corrected chi connectivity index (χ1v) is 17.8. The first-order valence-electron chi connectivity index (χ1n) is 16.0. The molecule has 0 spiro atoms. The molecular weight excluding hydrogens is 607 g/mol. The Labute approximate surface area is 281 Å². The molecule has 5 nitrogen and oxygen atoms in total. The average molecular weight is 641 g/mol. The van der Waals surface area contributed by atoms with E-state index < -0.39 is 7.14 Å². The molecule has 1 aliphatic heterocycles. The van der Waals surface area contributed by atoms with E-state index in [-0.39, 0.29) is 5.41 Å². The van der Waals surface area contributed by atoms with E-state index in [1.165, 1.54) is 11.1 Å². The molecule has 0 atom stereocenters. The van der Waals surface area contributed by atoms with E-state index >= 15 is 4.57 Å². The maximum Gasteiger partial charge on any atom is 0.172 e. The lowest BCUT2D eigenvalue weighted by atomic mass is 9.72.